The van der Waals surface area contributed by atoms with Crippen LogP contribution in [0.1, 0.15) is 48.4 Å². The molecule has 0 saturated carbocycles. The second-order valence-corrected chi connectivity index (χ2v) is 5.85. The topological polar surface area (TPSA) is 38.7 Å². The van der Waals surface area contributed by atoms with Crippen LogP contribution in [0, 0.1) is 12.1 Å². The predicted molar refractivity (Wildman–Crippen MR) is 90.1 cm³/mol. The van der Waals surface area contributed by atoms with Crippen molar-refractivity contribution in [3.8, 4) is 0 Å². The van der Waals surface area contributed by atoms with Crippen LogP contribution in [-0.2, 0) is 78.3 Å². The van der Waals surface area contributed by atoms with Crippen molar-refractivity contribution in [1.82, 2.24) is 15.0 Å². The first-order valence-electron chi connectivity index (χ1n) is 7.84. The third kappa shape index (κ3) is 7.06. The molecule has 0 fully saturated rings. The van der Waals surface area contributed by atoms with E-state index in [1.165, 1.54) is 11.1 Å². The molecule has 3 rings (SSSR count). The van der Waals surface area contributed by atoms with Gasteiger partial charge in [-0.1, -0.05) is 13.8 Å². The van der Waals surface area contributed by atoms with Gasteiger partial charge in [0.15, 0.2) is 0 Å². The SMILES string of the molecule is CC(C)c1nc(Cc2cc[c-]cc2)nc(Cc2cc[c-]cc2)n1.[Y].[Y]. The standard InChI is InChI=1S/C20H19N3.2Y/c1-15(2)20-22-18(13-16-9-5-3-6-10-16)21-19(23-20)14-17-11-7-4-8-12-17;;/h5-12,15H,13-14H2,1-2H3;;/q-2;;. The minimum absolute atomic E-state index is 0. The van der Waals surface area contributed by atoms with E-state index in [2.05, 4.69) is 40.9 Å². The third-order valence-electron chi connectivity index (χ3n) is 3.56. The maximum atomic E-state index is 4.66. The summed E-state index contributed by atoms with van der Waals surface area (Å²) < 4.78 is 0. The molecule has 0 atom stereocenters. The van der Waals surface area contributed by atoms with Crippen molar-refractivity contribution in [3.63, 3.8) is 0 Å². The summed E-state index contributed by atoms with van der Waals surface area (Å²) in [7, 11) is 0. The van der Waals surface area contributed by atoms with Gasteiger partial charge in [-0.25, -0.2) is 15.0 Å². The van der Waals surface area contributed by atoms with Crippen LogP contribution in [-0.4, -0.2) is 15.0 Å². The van der Waals surface area contributed by atoms with Gasteiger partial charge < -0.3 is 0 Å². The van der Waals surface area contributed by atoms with E-state index in [-0.39, 0.29) is 71.3 Å². The Kier molecular flexibility index (Phi) is 10.3. The average molecular weight is 479 g/mol. The van der Waals surface area contributed by atoms with Gasteiger partial charge in [-0.2, -0.15) is 71.8 Å². The van der Waals surface area contributed by atoms with Crippen molar-refractivity contribution in [2.45, 2.75) is 32.6 Å². The van der Waals surface area contributed by atoms with Gasteiger partial charge in [-0.05, 0) is 0 Å². The summed E-state index contributed by atoms with van der Waals surface area (Å²) in [5.41, 5.74) is 2.37. The Hall–Kier alpha value is -0.342. The van der Waals surface area contributed by atoms with Crippen molar-refractivity contribution in [3.05, 3.63) is 89.3 Å². The number of benzene rings is 2. The summed E-state index contributed by atoms with van der Waals surface area (Å²) in [5.74, 6) is 2.79. The van der Waals surface area contributed by atoms with Crippen LogP contribution in [0.3, 0.4) is 0 Å². The van der Waals surface area contributed by atoms with E-state index in [1.807, 2.05) is 48.5 Å². The van der Waals surface area contributed by atoms with Crippen LogP contribution in [0.15, 0.2) is 48.5 Å². The molecule has 2 radical (unpaired) electrons. The van der Waals surface area contributed by atoms with Crippen LogP contribution < -0.4 is 0 Å². The summed E-state index contributed by atoms with van der Waals surface area (Å²) in [6.45, 7) is 4.22. The number of aromatic nitrogens is 3. The minimum Gasteiger partial charge on any atom is -0.217 e. The number of hydrogen-bond donors (Lipinski definition) is 0. The van der Waals surface area contributed by atoms with Gasteiger partial charge in [0, 0.05) is 84.2 Å². The Bertz CT molecular complexity index is 703. The smallest absolute Gasteiger partial charge is 0.135 e. The normalized spacial score (nSPS) is 10.0. The Balaban J connectivity index is 0.00000156. The molecule has 0 saturated heterocycles. The van der Waals surface area contributed by atoms with E-state index in [0.717, 1.165) is 17.5 Å². The molecule has 0 aliphatic carbocycles. The monoisotopic (exact) mass is 479 g/mol. The molecule has 0 aliphatic heterocycles. The summed E-state index contributed by atoms with van der Waals surface area (Å²) in [6.07, 6.45) is 1.43. The first kappa shape index (κ1) is 22.7. The second kappa shape index (κ2) is 11.4. The van der Waals surface area contributed by atoms with E-state index in [4.69, 9.17) is 0 Å². The van der Waals surface area contributed by atoms with Gasteiger partial charge in [-0.3, -0.25) is 0 Å². The van der Waals surface area contributed by atoms with Gasteiger partial charge in [-0.15, -0.1) is 0 Å². The molecule has 3 aromatic rings. The van der Waals surface area contributed by atoms with Crippen molar-refractivity contribution >= 4 is 0 Å². The number of nitrogens with zero attached hydrogens (tertiary/aromatic N) is 3. The Labute approximate surface area is 200 Å². The third-order valence-corrected chi connectivity index (χ3v) is 3.56. The summed E-state index contributed by atoms with van der Waals surface area (Å²) >= 11 is 0. The zero-order valence-electron chi connectivity index (χ0n) is 14.6. The number of hydrogen-bond acceptors (Lipinski definition) is 3. The predicted octanol–water partition coefficient (Wildman–Crippen LogP) is 3.77. The molecule has 5 heteroatoms. The second-order valence-electron chi connectivity index (χ2n) is 5.85. The molecule has 0 spiro atoms. The Morgan fingerprint density at radius 2 is 1.12 bits per heavy atom. The van der Waals surface area contributed by atoms with Gasteiger partial charge >= 0.3 is 0 Å². The Morgan fingerprint density at radius 1 is 0.720 bits per heavy atom. The van der Waals surface area contributed by atoms with Crippen molar-refractivity contribution in [2.75, 3.05) is 0 Å². The maximum absolute atomic E-state index is 4.66. The molecule has 3 nitrogen and oxygen atoms in total. The van der Waals surface area contributed by atoms with Crippen LogP contribution in [0.5, 0.6) is 0 Å². The first-order chi connectivity index (χ1) is 11.2. The van der Waals surface area contributed by atoms with Crippen molar-refractivity contribution in [1.29, 1.82) is 0 Å². The molecule has 0 aliphatic rings. The largest absolute Gasteiger partial charge is 0.217 e. The van der Waals surface area contributed by atoms with Gasteiger partial charge in [0.25, 0.3) is 0 Å². The first-order valence-corrected chi connectivity index (χ1v) is 7.84. The fourth-order valence-electron chi connectivity index (χ4n) is 2.35. The van der Waals surface area contributed by atoms with Gasteiger partial charge in [0.05, 0.1) is 0 Å². The van der Waals surface area contributed by atoms with Crippen LogP contribution >= 0.6 is 0 Å². The summed E-state index contributed by atoms with van der Waals surface area (Å²) in [5, 5.41) is 0. The molecule has 0 bridgehead atoms. The average Bonchev–Trinajstić information content (AvgIpc) is 2.56. The molecular weight excluding hydrogens is 460 g/mol. The van der Waals surface area contributed by atoms with Gasteiger partial charge in [0.1, 0.15) is 17.5 Å². The van der Waals surface area contributed by atoms with E-state index >= 15 is 0 Å². The quantitative estimate of drug-likeness (QED) is 0.524. The molecular formula is C20H19N3Y2-2. The van der Waals surface area contributed by atoms with E-state index < -0.39 is 0 Å². The van der Waals surface area contributed by atoms with Crippen molar-refractivity contribution < 1.29 is 65.4 Å². The fourth-order valence-corrected chi connectivity index (χ4v) is 2.35. The molecule has 2 aromatic carbocycles. The molecule has 0 unspecified atom stereocenters. The van der Waals surface area contributed by atoms with E-state index in [9.17, 15) is 0 Å². The molecule has 25 heavy (non-hydrogen) atoms. The van der Waals surface area contributed by atoms with Crippen molar-refractivity contribution in [2.24, 2.45) is 0 Å². The Morgan fingerprint density at radius 3 is 1.48 bits per heavy atom. The molecule has 1 heterocycles. The molecule has 0 N–H and O–H groups in total. The van der Waals surface area contributed by atoms with E-state index in [0.29, 0.717) is 12.8 Å². The maximum Gasteiger partial charge on any atom is 0.135 e. The number of rotatable bonds is 5. The zero-order chi connectivity index (χ0) is 16.1. The van der Waals surface area contributed by atoms with Crippen LogP contribution in [0.25, 0.3) is 0 Å². The summed E-state index contributed by atoms with van der Waals surface area (Å²) in [4.78, 5) is 13.9. The zero-order valence-corrected chi connectivity index (χ0v) is 20.3. The molecule has 1 aromatic heterocycles. The molecule has 122 valence electrons. The van der Waals surface area contributed by atoms with Crippen LogP contribution in [0.2, 0.25) is 0 Å². The van der Waals surface area contributed by atoms with Gasteiger partial charge in [0.2, 0.25) is 0 Å². The fraction of sp³-hybridized carbons (Fsp3) is 0.250. The van der Waals surface area contributed by atoms with Crippen LogP contribution in [0.4, 0.5) is 0 Å². The summed E-state index contributed by atoms with van der Waals surface area (Å²) in [6, 6.07) is 21.9. The molecule has 0 amide bonds. The minimum atomic E-state index is 0. The van der Waals surface area contributed by atoms with E-state index in [1.54, 1.807) is 0 Å².